The molecule has 6 heteroatoms. The van der Waals surface area contributed by atoms with Gasteiger partial charge in [0.1, 0.15) is 5.75 Å². The minimum absolute atomic E-state index is 0.0470. The molecule has 0 saturated heterocycles. The molecule has 3 rings (SSSR count). The van der Waals surface area contributed by atoms with Crippen LogP contribution in [0.1, 0.15) is 37.4 Å². The molecule has 0 spiro atoms. The van der Waals surface area contributed by atoms with Gasteiger partial charge in [-0.2, -0.15) is 0 Å². The van der Waals surface area contributed by atoms with E-state index in [4.69, 9.17) is 4.74 Å². The van der Waals surface area contributed by atoms with E-state index in [2.05, 4.69) is 10.6 Å². The fraction of sp³-hybridized carbons (Fsp3) is 0.316. The van der Waals surface area contributed by atoms with Crippen molar-refractivity contribution >= 4 is 11.6 Å². The van der Waals surface area contributed by atoms with Gasteiger partial charge in [-0.1, -0.05) is 25.1 Å². The topological polar surface area (TPSA) is 70.6 Å². The second-order valence-electron chi connectivity index (χ2n) is 6.11. The fourth-order valence-corrected chi connectivity index (χ4v) is 2.78. The molecule has 0 saturated carbocycles. The minimum Gasteiger partial charge on any atom is -0.505 e. The van der Waals surface area contributed by atoms with Crippen LogP contribution < -0.4 is 15.4 Å². The molecule has 25 heavy (non-hydrogen) atoms. The van der Waals surface area contributed by atoms with E-state index in [-0.39, 0.29) is 17.7 Å². The van der Waals surface area contributed by atoms with Crippen LogP contribution >= 0.6 is 0 Å². The molecule has 0 radical (unpaired) electrons. The summed E-state index contributed by atoms with van der Waals surface area (Å²) < 4.78 is 19.1. The molecule has 2 unspecified atom stereocenters. The number of benzene rings is 2. The standard InChI is InChI=1S/C19H21FN2O3/c1-3-16-19(24)22-15-8-7-12(9-17(15)25-16)11(2)21-10-13-5-4-6-14(20)18(13)23/h4-9,11,16,21,23H,3,10H2,1-2H3,(H,22,24). The van der Waals surface area contributed by atoms with Crippen LogP contribution in [-0.4, -0.2) is 17.1 Å². The van der Waals surface area contributed by atoms with Crippen molar-refractivity contribution < 1.29 is 19.0 Å². The molecular weight excluding hydrogens is 323 g/mol. The molecule has 1 heterocycles. The van der Waals surface area contributed by atoms with Crippen molar-refractivity contribution in [3.63, 3.8) is 0 Å². The number of anilines is 1. The van der Waals surface area contributed by atoms with Gasteiger partial charge in [-0.3, -0.25) is 4.79 Å². The van der Waals surface area contributed by atoms with E-state index in [1.165, 1.54) is 6.07 Å². The zero-order valence-corrected chi connectivity index (χ0v) is 14.2. The lowest BCUT2D eigenvalue weighted by Crippen LogP contribution is -2.36. The minimum atomic E-state index is -0.629. The molecule has 3 N–H and O–H groups in total. The van der Waals surface area contributed by atoms with Gasteiger partial charge in [0.05, 0.1) is 5.69 Å². The number of phenols is 1. The third-order valence-electron chi connectivity index (χ3n) is 4.37. The number of hydrogen-bond acceptors (Lipinski definition) is 4. The first-order valence-corrected chi connectivity index (χ1v) is 8.30. The van der Waals surface area contributed by atoms with Crippen molar-refractivity contribution in [1.82, 2.24) is 5.32 Å². The molecule has 1 aliphatic heterocycles. The highest BCUT2D eigenvalue weighted by Gasteiger charge is 2.26. The SMILES string of the molecule is CCC1Oc2cc(C(C)NCc3cccc(F)c3O)ccc2NC1=O. The molecule has 2 aromatic rings. The van der Waals surface area contributed by atoms with E-state index in [0.717, 1.165) is 5.56 Å². The summed E-state index contributed by atoms with van der Waals surface area (Å²) >= 11 is 0. The largest absolute Gasteiger partial charge is 0.505 e. The molecule has 0 fully saturated rings. The van der Waals surface area contributed by atoms with E-state index in [1.54, 1.807) is 12.1 Å². The predicted molar refractivity (Wildman–Crippen MR) is 93.1 cm³/mol. The Hall–Kier alpha value is -2.60. The first-order chi connectivity index (χ1) is 12.0. The first kappa shape index (κ1) is 17.2. The average Bonchev–Trinajstić information content (AvgIpc) is 2.61. The van der Waals surface area contributed by atoms with Gasteiger partial charge in [0.15, 0.2) is 17.7 Å². The van der Waals surface area contributed by atoms with Crippen LogP contribution in [0.4, 0.5) is 10.1 Å². The number of para-hydroxylation sites is 1. The van der Waals surface area contributed by atoms with Crippen LogP contribution in [-0.2, 0) is 11.3 Å². The lowest BCUT2D eigenvalue weighted by molar-refractivity contribution is -0.123. The summed E-state index contributed by atoms with van der Waals surface area (Å²) in [6.45, 7) is 4.20. The van der Waals surface area contributed by atoms with E-state index >= 15 is 0 Å². The Balaban J connectivity index is 1.72. The van der Waals surface area contributed by atoms with Gasteiger partial charge in [-0.15, -0.1) is 0 Å². The van der Waals surface area contributed by atoms with Crippen LogP contribution in [0.2, 0.25) is 0 Å². The summed E-state index contributed by atoms with van der Waals surface area (Å²) in [5.41, 5.74) is 2.13. The van der Waals surface area contributed by atoms with Crippen LogP contribution in [0.25, 0.3) is 0 Å². The number of aromatic hydroxyl groups is 1. The number of fused-ring (bicyclic) bond motifs is 1. The second-order valence-corrected chi connectivity index (χ2v) is 6.11. The summed E-state index contributed by atoms with van der Waals surface area (Å²) in [7, 11) is 0. The summed E-state index contributed by atoms with van der Waals surface area (Å²) in [5.74, 6) is -0.443. The molecule has 1 amide bonds. The maximum atomic E-state index is 13.4. The second kappa shape index (κ2) is 7.11. The van der Waals surface area contributed by atoms with Crippen LogP contribution in [0, 0.1) is 5.82 Å². The molecule has 1 aliphatic rings. The Morgan fingerprint density at radius 1 is 1.36 bits per heavy atom. The number of hydrogen-bond donors (Lipinski definition) is 3. The van der Waals surface area contributed by atoms with Crippen LogP contribution in [0.15, 0.2) is 36.4 Å². The van der Waals surface area contributed by atoms with Gasteiger partial charge in [0.25, 0.3) is 5.91 Å². The fourth-order valence-electron chi connectivity index (χ4n) is 2.78. The zero-order valence-electron chi connectivity index (χ0n) is 14.2. The Kier molecular flexibility index (Phi) is 4.90. The van der Waals surface area contributed by atoms with Crippen LogP contribution in [0.5, 0.6) is 11.5 Å². The average molecular weight is 344 g/mol. The lowest BCUT2D eigenvalue weighted by atomic mass is 10.1. The molecule has 2 aromatic carbocycles. The van der Waals surface area contributed by atoms with E-state index in [1.807, 2.05) is 32.0 Å². The summed E-state index contributed by atoms with van der Waals surface area (Å²) in [5, 5.41) is 15.8. The van der Waals surface area contributed by atoms with Crippen LogP contribution in [0.3, 0.4) is 0 Å². The number of carbonyl (C=O) groups is 1. The maximum Gasteiger partial charge on any atom is 0.265 e. The number of ether oxygens (including phenoxy) is 1. The van der Waals surface area contributed by atoms with Gasteiger partial charge in [-0.05, 0) is 37.1 Å². The molecule has 132 valence electrons. The lowest BCUT2D eigenvalue weighted by Gasteiger charge is -2.26. The number of amides is 1. The van der Waals surface area contributed by atoms with Gasteiger partial charge < -0.3 is 20.5 Å². The number of rotatable bonds is 5. The molecule has 0 bridgehead atoms. The highest BCUT2D eigenvalue weighted by atomic mass is 19.1. The smallest absolute Gasteiger partial charge is 0.265 e. The molecule has 0 aromatic heterocycles. The van der Waals surface area contributed by atoms with E-state index in [9.17, 15) is 14.3 Å². The molecule has 2 atom stereocenters. The van der Waals surface area contributed by atoms with Crippen molar-refractivity contribution in [3.8, 4) is 11.5 Å². The Bertz CT molecular complexity index is 794. The quantitative estimate of drug-likeness (QED) is 0.776. The number of nitrogens with one attached hydrogen (secondary N) is 2. The highest BCUT2D eigenvalue weighted by molar-refractivity contribution is 5.97. The zero-order chi connectivity index (χ0) is 18.0. The number of carbonyl (C=O) groups excluding carboxylic acids is 1. The van der Waals surface area contributed by atoms with E-state index < -0.39 is 11.9 Å². The van der Waals surface area contributed by atoms with Crippen molar-refractivity contribution in [2.24, 2.45) is 0 Å². The Morgan fingerprint density at radius 3 is 2.92 bits per heavy atom. The molecule has 5 nitrogen and oxygen atoms in total. The highest BCUT2D eigenvalue weighted by Crippen LogP contribution is 2.33. The predicted octanol–water partition coefficient (Wildman–Crippen LogP) is 3.49. The molecular formula is C19H21FN2O3. The monoisotopic (exact) mass is 344 g/mol. The normalized spacial score (nSPS) is 17.4. The van der Waals surface area contributed by atoms with Crippen molar-refractivity contribution in [2.45, 2.75) is 39.0 Å². The van der Waals surface area contributed by atoms with Crippen molar-refractivity contribution in [2.75, 3.05) is 5.32 Å². The summed E-state index contributed by atoms with van der Waals surface area (Å²) in [6, 6.07) is 10.0. The number of phenolic OH excluding ortho intramolecular Hbond substituents is 1. The van der Waals surface area contributed by atoms with Gasteiger partial charge in [-0.25, -0.2) is 4.39 Å². The van der Waals surface area contributed by atoms with Gasteiger partial charge in [0.2, 0.25) is 0 Å². The maximum absolute atomic E-state index is 13.4. The summed E-state index contributed by atoms with van der Waals surface area (Å²) in [6.07, 6.45) is 0.123. The Labute approximate surface area is 145 Å². The molecule has 0 aliphatic carbocycles. The van der Waals surface area contributed by atoms with E-state index in [0.29, 0.717) is 30.0 Å². The first-order valence-electron chi connectivity index (χ1n) is 8.30. The Morgan fingerprint density at radius 2 is 2.16 bits per heavy atom. The van der Waals surface area contributed by atoms with Crippen molar-refractivity contribution in [1.29, 1.82) is 0 Å². The third-order valence-corrected chi connectivity index (χ3v) is 4.37. The van der Waals surface area contributed by atoms with Gasteiger partial charge in [0, 0.05) is 18.2 Å². The van der Waals surface area contributed by atoms with Gasteiger partial charge >= 0.3 is 0 Å². The third kappa shape index (κ3) is 3.58. The van der Waals surface area contributed by atoms with Crippen molar-refractivity contribution in [3.05, 3.63) is 53.3 Å². The summed E-state index contributed by atoms with van der Waals surface area (Å²) in [4.78, 5) is 11.8. The number of halogens is 1.